The molecule has 2 atom stereocenters. The summed E-state index contributed by atoms with van der Waals surface area (Å²) < 4.78 is 30.0. The highest BCUT2D eigenvalue weighted by Gasteiger charge is 2.49. The van der Waals surface area contributed by atoms with Crippen molar-refractivity contribution in [2.75, 3.05) is 32.1 Å². The number of fused-ring (bicyclic) bond motifs is 1. The lowest BCUT2D eigenvalue weighted by molar-refractivity contribution is -0.150. The van der Waals surface area contributed by atoms with Crippen molar-refractivity contribution in [2.45, 2.75) is 49.8 Å². The molecule has 2 saturated heterocycles. The van der Waals surface area contributed by atoms with E-state index in [2.05, 4.69) is 0 Å². The fourth-order valence-corrected chi connectivity index (χ4v) is 6.26. The third-order valence-corrected chi connectivity index (χ3v) is 7.93. The zero-order valence-corrected chi connectivity index (χ0v) is 13.8. The van der Waals surface area contributed by atoms with Gasteiger partial charge >= 0.3 is 0 Å². The molecule has 2 unspecified atom stereocenters. The van der Waals surface area contributed by atoms with Gasteiger partial charge in [0.1, 0.15) is 0 Å². The summed E-state index contributed by atoms with van der Waals surface area (Å²) in [5, 5.41) is -0.367. The molecule has 0 radical (unpaired) electrons. The lowest BCUT2D eigenvalue weighted by atomic mass is 9.78. The molecule has 3 rings (SSSR count). The number of nitrogens with zero attached hydrogens (tertiary/aromatic N) is 1. The van der Waals surface area contributed by atoms with Gasteiger partial charge in [-0.3, -0.25) is 4.79 Å². The first-order valence-electron chi connectivity index (χ1n) is 8.31. The quantitative estimate of drug-likeness (QED) is 0.787. The average Bonchev–Trinajstić information content (AvgIpc) is 2.55. The van der Waals surface area contributed by atoms with Gasteiger partial charge in [0.15, 0.2) is 9.84 Å². The first kappa shape index (κ1) is 16.2. The molecule has 0 aromatic carbocycles. The molecule has 0 spiro atoms. The Morgan fingerprint density at radius 3 is 2.59 bits per heavy atom. The van der Waals surface area contributed by atoms with Crippen LogP contribution in [0, 0.1) is 5.41 Å². The lowest BCUT2D eigenvalue weighted by Crippen LogP contribution is -2.62. The van der Waals surface area contributed by atoms with E-state index in [1.54, 1.807) is 0 Å². The maximum atomic E-state index is 13.2. The second-order valence-corrected chi connectivity index (χ2v) is 9.19. The van der Waals surface area contributed by atoms with Crippen LogP contribution in [0.2, 0.25) is 0 Å². The Labute approximate surface area is 132 Å². The van der Waals surface area contributed by atoms with E-state index in [4.69, 9.17) is 10.5 Å². The van der Waals surface area contributed by atoms with Gasteiger partial charge in [-0.15, -0.1) is 0 Å². The van der Waals surface area contributed by atoms with Crippen LogP contribution in [0.4, 0.5) is 0 Å². The highest BCUT2D eigenvalue weighted by Crippen LogP contribution is 2.37. The fraction of sp³-hybridized carbons (Fsp3) is 0.933. The van der Waals surface area contributed by atoms with E-state index >= 15 is 0 Å². The fourth-order valence-electron chi connectivity index (χ4n) is 4.22. The molecule has 1 saturated carbocycles. The predicted octanol–water partition coefficient (Wildman–Crippen LogP) is 0.310. The molecule has 2 aliphatic heterocycles. The van der Waals surface area contributed by atoms with Crippen molar-refractivity contribution in [3.8, 4) is 0 Å². The van der Waals surface area contributed by atoms with Crippen molar-refractivity contribution in [2.24, 2.45) is 11.1 Å². The molecule has 2 N–H and O–H groups in total. The third-order valence-electron chi connectivity index (χ3n) is 5.70. The van der Waals surface area contributed by atoms with Crippen molar-refractivity contribution in [3.63, 3.8) is 0 Å². The third kappa shape index (κ3) is 2.67. The zero-order chi connectivity index (χ0) is 15.8. The average molecular weight is 330 g/mol. The molecule has 0 bridgehead atoms. The van der Waals surface area contributed by atoms with E-state index in [1.807, 2.05) is 4.90 Å². The van der Waals surface area contributed by atoms with Crippen LogP contribution in [0.25, 0.3) is 0 Å². The first-order chi connectivity index (χ1) is 10.5. The van der Waals surface area contributed by atoms with E-state index in [0.29, 0.717) is 45.6 Å². The van der Waals surface area contributed by atoms with Crippen LogP contribution in [-0.2, 0) is 19.4 Å². The highest BCUT2D eigenvalue weighted by atomic mass is 32.2. The number of nitrogens with two attached hydrogens (primary N) is 1. The van der Waals surface area contributed by atoms with E-state index in [9.17, 15) is 13.2 Å². The molecule has 0 aromatic heterocycles. The smallest absolute Gasteiger partial charge is 0.230 e. The monoisotopic (exact) mass is 330 g/mol. The summed E-state index contributed by atoms with van der Waals surface area (Å²) in [6.45, 7) is 1.76. The molecular formula is C15H26N2O4S. The Hall–Kier alpha value is -0.660. The SMILES string of the molecule is NCC1(C(=O)N2CCS(=O)(=O)C3CCCCC32)CCOCC1. The van der Waals surface area contributed by atoms with Crippen molar-refractivity contribution in [3.05, 3.63) is 0 Å². The summed E-state index contributed by atoms with van der Waals surface area (Å²) in [6, 6.07) is -0.147. The van der Waals surface area contributed by atoms with Gasteiger partial charge in [-0.2, -0.15) is 0 Å². The maximum absolute atomic E-state index is 13.2. The van der Waals surface area contributed by atoms with Gasteiger partial charge in [0.25, 0.3) is 0 Å². The van der Waals surface area contributed by atoms with Crippen LogP contribution in [0.1, 0.15) is 38.5 Å². The maximum Gasteiger partial charge on any atom is 0.230 e. The van der Waals surface area contributed by atoms with Gasteiger partial charge in [0.2, 0.25) is 5.91 Å². The van der Waals surface area contributed by atoms with E-state index in [1.165, 1.54) is 0 Å². The van der Waals surface area contributed by atoms with Crippen LogP contribution >= 0.6 is 0 Å². The number of carbonyl (C=O) groups is 1. The van der Waals surface area contributed by atoms with Crippen molar-refractivity contribution in [1.29, 1.82) is 0 Å². The number of rotatable bonds is 2. The van der Waals surface area contributed by atoms with E-state index in [0.717, 1.165) is 19.3 Å². The van der Waals surface area contributed by atoms with Gasteiger partial charge in [-0.05, 0) is 25.7 Å². The Balaban J connectivity index is 1.85. The minimum atomic E-state index is -3.06. The normalized spacial score (nSPS) is 34.0. The molecule has 7 heteroatoms. The number of carbonyl (C=O) groups excluding carboxylic acids is 1. The molecular weight excluding hydrogens is 304 g/mol. The summed E-state index contributed by atoms with van der Waals surface area (Å²) in [7, 11) is -3.06. The molecule has 2 heterocycles. The summed E-state index contributed by atoms with van der Waals surface area (Å²) in [5.74, 6) is 0.155. The summed E-state index contributed by atoms with van der Waals surface area (Å²) >= 11 is 0. The van der Waals surface area contributed by atoms with Crippen molar-refractivity contribution >= 4 is 15.7 Å². The van der Waals surface area contributed by atoms with Gasteiger partial charge in [-0.1, -0.05) is 12.8 Å². The Kier molecular flexibility index (Phi) is 4.49. The topological polar surface area (TPSA) is 89.7 Å². The molecule has 3 fully saturated rings. The molecule has 22 heavy (non-hydrogen) atoms. The summed E-state index contributed by atoms with van der Waals surface area (Å²) in [5.41, 5.74) is 5.39. The second-order valence-electron chi connectivity index (χ2n) is 6.85. The van der Waals surface area contributed by atoms with Gasteiger partial charge < -0.3 is 15.4 Å². The molecule has 6 nitrogen and oxygen atoms in total. The standard InChI is InChI=1S/C15H26N2O4S/c16-11-15(5-8-21-9-6-15)14(18)17-7-10-22(19,20)13-4-2-1-3-12(13)17/h12-13H,1-11,16H2. The Morgan fingerprint density at radius 2 is 1.91 bits per heavy atom. The largest absolute Gasteiger partial charge is 0.381 e. The molecule has 1 amide bonds. The summed E-state index contributed by atoms with van der Waals surface area (Å²) in [6.07, 6.45) is 4.71. The lowest BCUT2D eigenvalue weighted by Gasteiger charge is -2.47. The van der Waals surface area contributed by atoms with Crippen LogP contribution in [0.5, 0.6) is 0 Å². The second kappa shape index (κ2) is 6.09. The van der Waals surface area contributed by atoms with Gasteiger partial charge in [0, 0.05) is 32.3 Å². The number of ether oxygens (including phenoxy) is 1. The predicted molar refractivity (Wildman–Crippen MR) is 83.1 cm³/mol. The van der Waals surface area contributed by atoms with Crippen LogP contribution < -0.4 is 5.73 Å². The number of hydrogen-bond acceptors (Lipinski definition) is 5. The number of sulfone groups is 1. The molecule has 126 valence electrons. The highest BCUT2D eigenvalue weighted by molar-refractivity contribution is 7.92. The Morgan fingerprint density at radius 1 is 1.23 bits per heavy atom. The van der Waals surface area contributed by atoms with Crippen molar-refractivity contribution in [1.82, 2.24) is 4.90 Å². The zero-order valence-electron chi connectivity index (χ0n) is 13.0. The van der Waals surface area contributed by atoms with Crippen LogP contribution in [0.3, 0.4) is 0 Å². The van der Waals surface area contributed by atoms with Gasteiger partial charge in [0.05, 0.1) is 16.4 Å². The first-order valence-corrected chi connectivity index (χ1v) is 10.0. The van der Waals surface area contributed by atoms with Crippen molar-refractivity contribution < 1.29 is 17.9 Å². The minimum absolute atomic E-state index is 0.0603. The minimum Gasteiger partial charge on any atom is -0.381 e. The number of amides is 1. The Bertz CT molecular complexity index is 528. The van der Waals surface area contributed by atoms with Gasteiger partial charge in [-0.25, -0.2) is 8.42 Å². The van der Waals surface area contributed by atoms with Crippen LogP contribution in [0.15, 0.2) is 0 Å². The summed E-state index contributed by atoms with van der Waals surface area (Å²) in [4.78, 5) is 15.0. The van der Waals surface area contributed by atoms with Crippen LogP contribution in [-0.4, -0.2) is 62.6 Å². The van der Waals surface area contributed by atoms with E-state index in [-0.39, 0.29) is 23.0 Å². The number of hydrogen-bond donors (Lipinski definition) is 1. The molecule has 0 aromatic rings. The van der Waals surface area contributed by atoms with E-state index < -0.39 is 15.3 Å². The molecule has 1 aliphatic carbocycles. The molecule has 3 aliphatic rings.